The van der Waals surface area contributed by atoms with Gasteiger partial charge in [-0.1, -0.05) is 60.7 Å². The summed E-state index contributed by atoms with van der Waals surface area (Å²) in [6.45, 7) is 1.03. The molecule has 0 amide bonds. The molecule has 0 bridgehead atoms. The predicted molar refractivity (Wildman–Crippen MR) is 90.3 cm³/mol. The number of halogens is 6. The van der Waals surface area contributed by atoms with Crippen LogP contribution in [0.4, 0.5) is 26.3 Å². The first kappa shape index (κ1) is 28.5. The Kier molecular flexibility index (Phi) is 11.7. The van der Waals surface area contributed by atoms with Crippen molar-refractivity contribution in [3.63, 3.8) is 0 Å². The van der Waals surface area contributed by atoms with Crippen LogP contribution in [0.25, 0.3) is 0 Å². The van der Waals surface area contributed by atoms with Crippen LogP contribution in [0.1, 0.15) is 22.8 Å². The Bertz CT molecular complexity index is 852. The van der Waals surface area contributed by atoms with E-state index in [1.165, 1.54) is 36.4 Å². The Morgan fingerprint density at radius 3 is 1.53 bits per heavy atom. The number of hydrogen-bond acceptors (Lipinski definition) is 4. The maximum Gasteiger partial charge on any atom is 1.00 e. The number of carbonyl (C=O) groups is 2. The van der Waals surface area contributed by atoms with Crippen LogP contribution < -0.4 is 56.5 Å². The van der Waals surface area contributed by atoms with Crippen molar-refractivity contribution in [2.45, 2.75) is 25.3 Å². The number of ketones is 1. The average molecular weight is 457 g/mol. The second kappa shape index (κ2) is 12.4. The molecule has 2 aromatic carbocycles. The first-order valence-corrected chi connectivity index (χ1v) is 7.92. The van der Waals surface area contributed by atoms with E-state index in [4.69, 9.17) is 0 Å². The van der Waals surface area contributed by atoms with Gasteiger partial charge >= 0.3 is 63.7 Å². The molecule has 0 saturated carbocycles. The summed E-state index contributed by atoms with van der Waals surface area (Å²) < 4.78 is 73.4. The van der Waals surface area contributed by atoms with Crippen molar-refractivity contribution in [3.8, 4) is 0 Å². The summed E-state index contributed by atoms with van der Waals surface area (Å²) >= 11 is 0. The van der Waals surface area contributed by atoms with Gasteiger partial charge in [0.2, 0.25) is 0 Å². The maximum absolute atomic E-state index is 12.7. The molecule has 0 spiro atoms. The van der Waals surface area contributed by atoms with Gasteiger partial charge in [0.1, 0.15) is 5.71 Å². The van der Waals surface area contributed by atoms with Gasteiger partial charge < -0.3 is 9.90 Å². The molecule has 0 heterocycles. The number of carboxylic acids is 1. The van der Waals surface area contributed by atoms with Crippen LogP contribution in [0.15, 0.2) is 65.7 Å². The van der Waals surface area contributed by atoms with Gasteiger partial charge in [0.25, 0.3) is 5.78 Å². The third-order valence-corrected chi connectivity index (χ3v) is 3.27. The van der Waals surface area contributed by atoms with Gasteiger partial charge in [-0.05, 0) is 6.92 Å². The number of aliphatic carboxylic acids is 1. The van der Waals surface area contributed by atoms with Crippen molar-refractivity contribution in [1.29, 1.82) is 0 Å². The Hall–Kier alpha value is -1.53. The van der Waals surface area contributed by atoms with Crippen LogP contribution in [-0.2, 0) is 4.79 Å². The number of carboxylic acid groups (broad SMARTS) is 1. The zero-order valence-electron chi connectivity index (χ0n) is 15.8. The molecule has 2 aromatic rings. The molecule has 0 aliphatic heterocycles. The van der Waals surface area contributed by atoms with Crippen molar-refractivity contribution in [1.82, 2.24) is 0 Å². The number of hydrogen-bond donors (Lipinski definition) is 0. The van der Waals surface area contributed by atoms with Crippen LogP contribution in [0.5, 0.6) is 0 Å². The molecule has 11 heteroatoms. The molecule has 0 fully saturated rings. The first-order valence-electron chi connectivity index (χ1n) is 7.92. The fourth-order valence-electron chi connectivity index (χ4n) is 1.91. The van der Waals surface area contributed by atoms with E-state index in [-0.39, 0.29) is 62.5 Å². The average Bonchev–Trinajstić information content (AvgIpc) is 2.65. The Labute approximate surface area is 210 Å². The molecule has 156 valence electrons. The van der Waals surface area contributed by atoms with Crippen LogP contribution in [0.3, 0.4) is 0 Å². The van der Waals surface area contributed by atoms with E-state index in [2.05, 4.69) is 4.99 Å². The summed E-state index contributed by atoms with van der Waals surface area (Å²) in [6.07, 6.45) is -9.48. The predicted octanol–water partition coefficient (Wildman–Crippen LogP) is 0.612. The van der Waals surface area contributed by atoms with E-state index in [9.17, 15) is 41.0 Å². The number of rotatable bonds is 4. The van der Waals surface area contributed by atoms with Crippen molar-refractivity contribution in [2.24, 2.45) is 4.99 Å². The quantitative estimate of drug-likeness (QED) is 0.293. The molecule has 30 heavy (non-hydrogen) atoms. The largest absolute Gasteiger partial charge is 1.00 e. The second-order valence-corrected chi connectivity index (χ2v) is 5.53. The normalized spacial score (nSPS) is 12.7. The summed E-state index contributed by atoms with van der Waals surface area (Å²) in [5, 5.41) is 10.4. The Morgan fingerprint density at radius 1 is 0.800 bits per heavy atom. The maximum atomic E-state index is 12.7. The summed E-state index contributed by atoms with van der Waals surface area (Å²) in [4.78, 5) is 24.1. The number of Topliss-reactive ketones (excluding diaryl/α,β-unsaturated/α-hetero) is 1. The van der Waals surface area contributed by atoms with E-state index < -0.39 is 35.9 Å². The monoisotopic (exact) mass is 457 g/mol. The Balaban J connectivity index is 0.000000573. The summed E-state index contributed by atoms with van der Waals surface area (Å²) in [5.74, 6) is -3.45. The van der Waals surface area contributed by atoms with Crippen LogP contribution in [0.2, 0.25) is 0 Å². The smallest absolute Gasteiger partial charge is 0.548 e. The molecular formula is C19H14F6KNO3. The van der Waals surface area contributed by atoms with Crippen LogP contribution >= 0.6 is 0 Å². The zero-order valence-corrected chi connectivity index (χ0v) is 18.9. The summed E-state index contributed by atoms with van der Waals surface area (Å²) in [5.41, 5.74) is -1.71. The number of nitrogens with zero attached hydrogens (tertiary/aromatic N) is 1. The van der Waals surface area contributed by atoms with Crippen molar-refractivity contribution >= 4 is 17.5 Å². The van der Waals surface area contributed by atoms with E-state index in [1.54, 1.807) is 12.1 Å². The zero-order chi connectivity index (χ0) is 22.2. The number of benzene rings is 2. The molecular weight excluding hydrogens is 443 g/mol. The molecule has 4 nitrogen and oxygen atoms in total. The molecule has 0 unspecified atom stereocenters. The molecule has 0 saturated heterocycles. The molecule has 0 radical (unpaired) electrons. The van der Waals surface area contributed by atoms with Gasteiger partial charge in [0.15, 0.2) is 0 Å². The molecule has 2 rings (SSSR count). The van der Waals surface area contributed by atoms with Gasteiger partial charge in [-0.2, -0.15) is 26.3 Å². The fraction of sp³-hybridized carbons (Fsp3) is 0.211. The minimum Gasteiger partial charge on any atom is -0.548 e. The van der Waals surface area contributed by atoms with E-state index in [1.807, 2.05) is 0 Å². The number of aliphatic imine (C=N–C) groups is 1. The summed E-state index contributed by atoms with van der Waals surface area (Å²) in [6, 6.07) is 11.9. The van der Waals surface area contributed by atoms with Crippen molar-refractivity contribution in [2.75, 3.05) is 0 Å². The standard InChI is InChI=1S/C11H10F3NO2.C8H5F3O.K/c1-7(10(16)17)15-9(11(12,13)14)8-5-3-2-4-6-8;9-8(10,11)7(12)6-4-2-1-3-5-6;/h2-7H,1H3,(H,16,17);1-5H;/q;;+1/p-1/t7-;;/m0../s1. The van der Waals surface area contributed by atoms with E-state index >= 15 is 0 Å². The SMILES string of the molecule is C[C@H](N=C(c1ccccc1)C(F)(F)F)C(=O)[O-].O=C(c1ccccc1)C(F)(F)F.[K+]. The van der Waals surface area contributed by atoms with Crippen molar-refractivity contribution in [3.05, 3.63) is 71.8 Å². The molecule has 0 aliphatic carbocycles. The topological polar surface area (TPSA) is 69.6 Å². The number of carbonyl (C=O) groups excluding carboxylic acids is 2. The Morgan fingerprint density at radius 2 is 1.20 bits per heavy atom. The molecule has 0 aliphatic rings. The minimum absolute atomic E-state index is 0. The minimum atomic E-state index is -4.78. The van der Waals surface area contributed by atoms with Gasteiger partial charge in [-0.3, -0.25) is 9.79 Å². The van der Waals surface area contributed by atoms with Crippen LogP contribution in [-0.4, -0.2) is 35.9 Å². The number of alkyl halides is 6. The second-order valence-electron chi connectivity index (χ2n) is 5.53. The molecule has 0 N–H and O–H groups in total. The molecule has 1 atom stereocenters. The van der Waals surface area contributed by atoms with Crippen LogP contribution in [0, 0.1) is 0 Å². The van der Waals surface area contributed by atoms with Gasteiger partial charge in [-0.15, -0.1) is 0 Å². The first-order chi connectivity index (χ1) is 13.3. The van der Waals surface area contributed by atoms with E-state index in [0.717, 1.165) is 19.1 Å². The van der Waals surface area contributed by atoms with Gasteiger partial charge in [0, 0.05) is 11.1 Å². The molecule has 0 aromatic heterocycles. The summed E-state index contributed by atoms with van der Waals surface area (Å²) in [7, 11) is 0. The van der Waals surface area contributed by atoms with Crippen molar-refractivity contribution < 1.29 is 92.4 Å². The van der Waals surface area contributed by atoms with Gasteiger partial charge in [0.05, 0.1) is 12.0 Å². The van der Waals surface area contributed by atoms with E-state index in [0.29, 0.717) is 0 Å². The fourth-order valence-corrected chi connectivity index (χ4v) is 1.91. The third kappa shape index (κ3) is 9.52. The third-order valence-electron chi connectivity index (χ3n) is 3.27. The van der Waals surface area contributed by atoms with Gasteiger partial charge in [-0.25, -0.2) is 0 Å².